The standard InChI is InChI=1S/C30H46F2N4O6/c1-28(2,3)42-27(41)35-20-13-15-30(31,32)14-9-7-6-8-10-19(23(37)25(39)33-17-11-12-17)34-24(38)22-21-18(29(21,4)5)16-36(22)26(20)40/h17-22H,6-16H2,1-5H3,(H,33,39)(H,34,38)(H,35,41)/t18-,19-,20-,21-,22-/m0/s1. The highest BCUT2D eigenvalue weighted by atomic mass is 19.3. The summed E-state index contributed by atoms with van der Waals surface area (Å²) in [6.07, 6.45) is 1.38. The Labute approximate surface area is 246 Å². The van der Waals surface area contributed by atoms with Gasteiger partial charge in [0, 0.05) is 25.4 Å². The fourth-order valence-corrected chi connectivity index (χ4v) is 6.46. The number of ether oxygens (including phenoxy) is 1. The smallest absolute Gasteiger partial charge is 0.408 e. The van der Waals surface area contributed by atoms with Crippen molar-refractivity contribution in [2.24, 2.45) is 17.3 Å². The van der Waals surface area contributed by atoms with E-state index in [9.17, 15) is 32.8 Å². The summed E-state index contributed by atoms with van der Waals surface area (Å²) < 4.78 is 35.1. The Balaban J connectivity index is 1.60. The van der Waals surface area contributed by atoms with E-state index in [0.29, 0.717) is 19.3 Å². The van der Waals surface area contributed by atoms with Gasteiger partial charge in [-0.2, -0.15) is 0 Å². The molecule has 236 valence electrons. The molecule has 4 fully saturated rings. The number of Topliss-reactive ketones (excluding diaryl/α,β-unsaturated/α-hetero) is 1. The first-order valence-corrected chi connectivity index (χ1v) is 15.3. The molecule has 10 nitrogen and oxygen atoms in total. The van der Waals surface area contributed by atoms with Gasteiger partial charge in [-0.25, -0.2) is 13.6 Å². The normalized spacial score (nSPS) is 31.7. The second kappa shape index (κ2) is 12.1. The zero-order valence-corrected chi connectivity index (χ0v) is 25.4. The number of alkyl carbamates (subject to hydrolysis) is 1. The third-order valence-electron chi connectivity index (χ3n) is 9.10. The Kier molecular flexibility index (Phi) is 9.23. The third-order valence-corrected chi connectivity index (χ3v) is 9.10. The molecule has 12 heteroatoms. The minimum Gasteiger partial charge on any atom is -0.444 e. The molecule has 2 heterocycles. The number of rotatable bonds is 4. The predicted octanol–water partition coefficient (Wildman–Crippen LogP) is 3.46. The lowest BCUT2D eigenvalue weighted by atomic mass is 9.96. The van der Waals surface area contributed by atoms with Crippen molar-refractivity contribution in [2.45, 2.75) is 135 Å². The Morgan fingerprint density at radius 1 is 0.952 bits per heavy atom. The van der Waals surface area contributed by atoms with Gasteiger partial charge < -0.3 is 25.6 Å². The maximum Gasteiger partial charge on any atom is 0.408 e. The Morgan fingerprint density at radius 3 is 2.26 bits per heavy atom. The van der Waals surface area contributed by atoms with E-state index >= 15 is 0 Å². The lowest BCUT2D eigenvalue weighted by molar-refractivity contribution is -0.144. The third kappa shape index (κ3) is 7.78. The summed E-state index contributed by atoms with van der Waals surface area (Å²) in [6, 6.07) is -3.40. The van der Waals surface area contributed by atoms with E-state index in [4.69, 9.17) is 4.74 Å². The SMILES string of the molecule is CC(C)(C)OC(=O)N[C@H]1CCC(F)(F)CCCCCC[C@@H](C(=O)C(=O)NC2CC2)NC(=O)[C@@H]2[C@@H]3[C@H](CN2C1=O)C3(C)C. The minimum absolute atomic E-state index is 0.00443. The molecule has 0 aromatic heterocycles. The highest BCUT2D eigenvalue weighted by Gasteiger charge is 2.69. The summed E-state index contributed by atoms with van der Waals surface area (Å²) in [5.74, 6) is -5.93. The highest BCUT2D eigenvalue weighted by molar-refractivity contribution is 6.38. The van der Waals surface area contributed by atoms with Crippen molar-refractivity contribution >= 4 is 29.6 Å². The summed E-state index contributed by atoms with van der Waals surface area (Å²) in [6.45, 7) is 9.18. The summed E-state index contributed by atoms with van der Waals surface area (Å²) in [5, 5.41) is 7.95. The number of nitrogens with zero attached hydrogens (tertiary/aromatic N) is 1. The van der Waals surface area contributed by atoms with Gasteiger partial charge in [-0.05, 0) is 70.1 Å². The maximum atomic E-state index is 14.9. The van der Waals surface area contributed by atoms with Crippen molar-refractivity contribution in [2.75, 3.05) is 6.54 Å². The average Bonchev–Trinajstić information content (AvgIpc) is 3.72. The van der Waals surface area contributed by atoms with Gasteiger partial charge in [0.15, 0.2) is 0 Å². The van der Waals surface area contributed by atoms with Crippen LogP contribution in [0.2, 0.25) is 0 Å². The van der Waals surface area contributed by atoms with E-state index in [-0.39, 0.29) is 55.5 Å². The highest BCUT2D eigenvalue weighted by Crippen LogP contribution is 2.65. The maximum absolute atomic E-state index is 14.9. The molecule has 2 saturated carbocycles. The number of alkyl halides is 2. The first-order chi connectivity index (χ1) is 19.5. The number of nitrogens with one attached hydrogen (secondary N) is 3. The van der Waals surface area contributed by atoms with Crippen LogP contribution in [-0.4, -0.2) is 76.7 Å². The minimum atomic E-state index is -3.05. The van der Waals surface area contributed by atoms with Crippen LogP contribution in [-0.2, 0) is 23.9 Å². The number of piperidine rings is 1. The van der Waals surface area contributed by atoms with Gasteiger partial charge in [-0.3, -0.25) is 19.2 Å². The number of ketones is 1. The molecule has 0 aromatic rings. The Bertz CT molecular complexity index is 1090. The molecule has 5 atom stereocenters. The van der Waals surface area contributed by atoms with Crippen LogP contribution >= 0.6 is 0 Å². The summed E-state index contributed by atoms with van der Waals surface area (Å²) in [4.78, 5) is 67.5. The summed E-state index contributed by atoms with van der Waals surface area (Å²) in [5.41, 5.74) is -1.12. The van der Waals surface area contributed by atoms with Crippen LogP contribution in [0, 0.1) is 17.3 Å². The molecule has 0 aromatic carbocycles. The van der Waals surface area contributed by atoms with Crippen LogP contribution in [0.25, 0.3) is 0 Å². The molecule has 42 heavy (non-hydrogen) atoms. The lowest BCUT2D eigenvalue weighted by Crippen LogP contribution is -2.58. The zero-order chi connectivity index (χ0) is 31.0. The van der Waals surface area contributed by atoms with Crippen molar-refractivity contribution in [3.63, 3.8) is 0 Å². The molecule has 0 radical (unpaired) electrons. The molecule has 2 saturated heterocycles. The molecule has 4 aliphatic rings. The topological polar surface area (TPSA) is 134 Å². The van der Waals surface area contributed by atoms with Crippen LogP contribution < -0.4 is 16.0 Å². The number of amides is 4. The lowest BCUT2D eigenvalue weighted by Gasteiger charge is -2.34. The van der Waals surface area contributed by atoms with Crippen molar-refractivity contribution in [3.05, 3.63) is 0 Å². The van der Waals surface area contributed by atoms with Crippen molar-refractivity contribution in [3.8, 4) is 0 Å². The van der Waals surface area contributed by atoms with E-state index in [2.05, 4.69) is 16.0 Å². The molecular weight excluding hydrogens is 550 g/mol. The summed E-state index contributed by atoms with van der Waals surface area (Å²) in [7, 11) is 0. The quantitative estimate of drug-likeness (QED) is 0.426. The van der Waals surface area contributed by atoms with Gasteiger partial charge in [-0.15, -0.1) is 0 Å². The van der Waals surface area contributed by atoms with Crippen molar-refractivity contribution < 1.29 is 37.5 Å². The van der Waals surface area contributed by atoms with E-state index in [1.54, 1.807) is 20.8 Å². The molecule has 2 aliphatic heterocycles. The van der Waals surface area contributed by atoms with Gasteiger partial charge >= 0.3 is 6.09 Å². The van der Waals surface area contributed by atoms with Gasteiger partial charge in [0.25, 0.3) is 5.91 Å². The van der Waals surface area contributed by atoms with Crippen LogP contribution in [0.3, 0.4) is 0 Å². The van der Waals surface area contributed by atoms with Crippen LogP contribution in [0.5, 0.6) is 0 Å². The number of hydrogen-bond acceptors (Lipinski definition) is 6. The van der Waals surface area contributed by atoms with Crippen LogP contribution in [0.1, 0.15) is 98.8 Å². The number of hydrogen-bond donors (Lipinski definition) is 3. The number of fused-ring (bicyclic) bond motifs is 3. The van der Waals surface area contributed by atoms with Crippen LogP contribution in [0.4, 0.5) is 13.6 Å². The predicted molar refractivity (Wildman–Crippen MR) is 149 cm³/mol. The molecule has 4 rings (SSSR count). The zero-order valence-electron chi connectivity index (χ0n) is 25.4. The largest absolute Gasteiger partial charge is 0.444 e. The fraction of sp³-hybridized carbons (Fsp3) is 0.833. The molecular formula is C30H46F2N4O6. The average molecular weight is 597 g/mol. The number of carbonyl (C=O) groups excluding carboxylic acids is 5. The molecule has 2 aliphatic carbocycles. The van der Waals surface area contributed by atoms with E-state index < -0.39 is 65.7 Å². The number of halogens is 2. The first kappa shape index (κ1) is 32.1. The second-order valence-electron chi connectivity index (χ2n) is 14.1. The van der Waals surface area contributed by atoms with Crippen LogP contribution in [0.15, 0.2) is 0 Å². The van der Waals surface area contributed by atoms with E-state index in [1.165, 1.54) is 4.90 Å². The monoisotopic (exact) mass is 596 g/mol. The fourth-order valence-electron chi connectivity index (χ4n) is 6.46. The van der Waals surface area contributed by atoms with Gasteiger partial charge in [0.05, 0.1) is 6.04 Å². The molecule has 3 N–H and O–H groups in total. The molecule has 0 spiro atoms. The van der Waals surface area contributed by atoms with Crippen molar-refractivity contribution in [1.29, 1.82) is 0 Å². The van der Waals surface area contributed by atoms with E-state index in [0.717, 1.165) is 12.8 Å². The molecule has 0 unspecified atom stereocenters. The van der Waals surface area contributed by atoms with Crippen molar-refractivity contribution in [1.82, 2.24) is 20.9 Å². The Hall–Kier alpha value is -2.79. The van der Waals surface area contributed by atoms with Gasteiger partial charge in [0.1, 0.15) is 17.7 Å². The summed E-state index contributed by atoms with van der Waals surface area (Å²) >= 11 is 0. The van der Waals surface area contributed by atoms with Gasteiger partial charge in [-0.1, -0.05) is 33.1 Å². The second-order valence-corrected chi connectivity index (χ2v) is 14.1. The first-order valence-electron chi connectivity index (χ1n) is 15.3. The number of carbonyl (C=O) groups is 5. The van der Waals surface area contributed by atoms with Gasteiger partial charge in [0.2, 0.25) is 23.5 Å². The Morgan fingerprint density at radius 2 is 1.62 bits per heavy atom. The molecule has 0 bridgehead atoms. The van der Waals surface area contributed by atoms with E-state index in [1.807, 2.05) is 13.8 Å². The molecule has 4 amide bonds.